The Hall–Kier alpha value is -1.13. The lowest BCUT2D eigenvalue weighted by Gasteiger charge is -2.29. The molecule has 0 amide bonds. The molecule has 84 valence electrons. The van der Waals surface area contributed by atoms with E-state index < -0.39 is 5.79 Å². The van der Waals surface area contributed by atoms with E-state index in [9.17, 15) is 0 Å². The molecule has 1 aromatic heterocycles. The smallest absolute Gasteiger partial charge is 0.192 e. The van der Waals surface area contributed by atoms with Crippen molar-refractivity contribution in [2.75, 3.05) is 18.9 Å². The van der Waals surface area contributed by atoms with Crippen LogP contribution in [0, 0.1) is 0 Å². The van der Waals surface area contributed by atoms with E-state index in [4.69, 9.17) is 15.2 Å². The van der Waals surface area contributed by atoms with Crippen molar-refractivity contribution in [1.29, 1.82) is 0 Å². The van der Waals surface area contributed by atoms with E-state index in [1.165, 1.54) is 0 Å². The summed E-state index contributed by atoms with van der Waals surface area (Å²) in [4.78, 5) is 3.94. The van der Waals surface area contributed by atoms with Gasteiger partial charge in [0.05, 0.1) is 0 Å². The standard InChI is InChI=1S/C11H18N2O2/c1-4-14-11(3,15-5-2)9-6-7-13-10(12)8-9/h6-8H,4-5H2,1-3H3,(H2,12,13). The lowest BCUT2D eigenvalue weighted by molar-refractivity contribution is -0.229. The van der Waals surface area contributed by atoms with Crippen molar-refractivity contribution in [2.45, 2.75) is 26.6 Å². The first-order chi connectivity index (χ1) is 7.12. The second kappa shape index (κ2) is 5.09. The summed E-state index contributed by atoms with van der Waals surface area (Å²) in [6, 6.07) is 3.62. The Bertz CT molecular complexity index is 309. The lowest BCUT2D eigenvalue weighted by Crippen LogP contribution is -2.29. The van der Waals surface area contributed by atoms with E-state index in [0.29, 0.717) is 19.0 Å². The number of rotatable bonds is 5. The summed E-state index contributed by atoms with van der Waals surface area (Å²) < 4.78 is 11.2. The highest BCUT2D eigenvalue weighted by Gasteiger charge is 2.27. The Morgan fingerprint density at radius 2 is 1.93 bits per heavy atom. The van der Waals surface area contributed by atoms with Crippen LogP contribution < -0.4 is 5.73 Å². The quantitative estimate of drug-likeness (QED) is 0.754. The first-order valence-electron chi connectivity index (χ1n) is 5.12. The Kier molecular flexibility index (Phi) is 4.05. The molecule has 4 nitrogen and oxygen atoms in total. The number of nitrogens with two attached hydrogens (primary N) is 1. The molecular weight excluding hydrogens is 192 g/mol. The predicted molar refractivity (Wildman–Crippen MR) is 59.3 cm³/mol. The highest BCUT2D eigenvalue weighted by atomic mass is 16.7. The molecule has 0 spiro atoms. The molecule has 15 heavy (non-hydrogen) atoms. The summed E-state index contributed by atoms with van der Waals surface area (Å²) >= 11 is 0. The molecule has 0 atom stereocenters. The van der Waals surface area contributed by atoms with E-state index in [-0.39, 0.29) is 0 Å². The third-order valence-corrected chi connectivity index (χ3v) is 2.15. The van der Waals surface area contributed by atoms with Crippen LogP contribution in [0.15, 0.2) is 18.3 Å². The maximum Gasteiger partial charge on any atom is 0.192 e. The zero-order valence-corrected chi connectivity index (χ0v) is 9.49. The number of nitrogens with zero attached hydrogens (tertiary/aromatic N) is 1. The van der Waals surface area contributed by atoms with Crippen molar-refractivity contribution in [2.24, 2.45) is 0 Å². The van der Waals surface area contributed by atoms with E-state index in [2.05, 4.69) is 4.98 Å². The molecule has 0 bridgehead atoms. The third-order valence-electron chi connectivity index (χ3n) is 2.15. The fourth-order valence-electron chi connectivity index (χ4n) is 1.49. The number of pyridine rings is 1. The van der Waals surface area contributed by atoms with Gasteiger partial charge in [-0.3, -0.25) is 0 Å². The van der Waals surface area contributed by atoms with Gasteiger partial charge >= 0.3 is 0 Å². The molecule has 0 saturated heterocycles. The summed E-state index contributed by atoms with van der Waals surface area (Å²) in [6.07, 6.45) is 1.65. The molecule has 0 aliphatic carbocycles. The van der Waals surface area contributed by atoms with Crippen molar-refractivity contribution in [3.8, 4) is 0 Å². The van der Waals surface area contributed by atoms with Gasteiger partial charge in [0.1, 0.15) is 5.82 Å². The molecule has 0 radical (unpaired) electrons. The second-order valence-electron chi connectivity index (χ2n) is 3.28. The van der Waals surface area contributed by atoms with Crippen LogP contribution in [0.1, 0.15) is 26.3 Å². The van der Waals surface area contributed by atoms with Crippen molar-refractivity contribution in [1.82, 2.24) is 4.98 Å². The van der Waals surface area contributed by atoms with Crippen molar-refractivity contribution >= 4 is 5.82 Å². The van der Waals surface area contributed by atoms with E-state index in [1.54, 1.807) is 12.3 Å². The van der Waals surface area contributed by atoms with Crippen LogP contribution in [0.2, 0.25) is 0 Å². The highest BCUT2D eigenvalue weighted by molar-refractivity contribution is 5.33. The van der Waals surface area contributed by atoms with E-state index in [0.717, 1.165) is 5.56 Å². The molecular formula is C11H18N2O2. The molecule has 1 aromatic rings. The minimum Gasteiger partial charge on any atom is -0.384 e. The third kappa shape index (κ3) is 2.91. The summed E-state index contributed by atoms with van der Waals surface area (Å²) in [5.74, 6) is -0.265. The van der Waals surface area contributed by atoms with Gasteiger partial charge in [0, 0.05) is 25.0 Å². The molecule has 0 unspecified atom stereocenters. The van der Waals surface area contributed by atoms with Gasteiger partial charge in [-0.2, -0.15) is 0 Å². The first-order valence-corrected chi connectivity index (χ1v) is 5.12. The number of aromatic nitrogens is 1. The monoisotopic (exact) mass is 210 g/mol. The van der Waals surface area contributed by atoms with Crippen LogP contribution in [0.5, 0.6) is 0 Å². The topological polar surface area (TPSA) is 57.4 Å². The zero-order valence-electron chi connectivity index (χ0n) is 9.49. The Morgan fingerprint density at radius 1 is 1.33 bits per heavy atom. The van der Waals surface area contributed by atoms with Crippen LogP contribution in [0.4, 0.5) is 5.82 Å². The van der Waals surface area contributed by atoms with Crippen LogP contribution in [0.3, 0.4) is 0 Å². The minimum atomic E-state index is -0.736. The molecule has 4 heteroatoms. The summed E-state index contributed by atoms with van der Waals surface area (Å²) in [6.45, 7) is 6.91. The van der Waals surface area contributed by atoms with Crippen LogP contribution >= 0.6 is 0 Å². The van der Waals surface area contributed by atoms with Gasteiger partial charge in [-0.15, -0.1) is 0 Å². The van der Waals surface area contributed by atoms with E-state index >= 15 is 0 Å². The SMILES string of the molecule is CCOC(C)(OCC)c1ccnc(N)c1. The van der Waals surface area contributed by atoms with Crippen molar-refractivity contribution in [3.63, 3.8) is 0 Å². The zero-order chi connectivity index (χ0) is 11.3. The number of nitrogen functional groups attached to an aromatic ring is 1. The van der Waals surface area contributed by atoms with Gasteiger partial charge in [-0.05, 0) is 32.9 Å². The molecule has 1 heterocycles. The molecule has 0 saturated carbocycles. The minimum absolute atomic E-state index is 0.470. The first kappa shape index (κ1) is 11.9. The maximum absolute atomic E-state index is 5.63. The van der Waals surface area contributed by atoms with Crippen LogP contribution in [-0.2, 0) is 15.3 Å². The van der Waals surface area contributed by atoms with Crippen LogP contribution in [-0.4, -0.2) is 18.2 Å². The fraction of sp³-hybridized carbons (Fsp3) is 0.545. The number of ether oxygens (including phenoxy) is 2. The van der Waals surface area contributed by atoms with Gasteiger partial charge in [-0.25, -0.2) is 4.98 Å². The Labute approximate surface area is 90.4 Å². The van der Waals surface area contributed by atoms with Crippen molar-refractivity contribution < 1.29 is 9.47 Å². The van der Waals surface area contributed by atoms with Gasteiger partial charge in [0.25, 0.3) is 0 Å². The molecule has 0 fully saturated rings. The van der Waals surface area contributed by atoms with Gasteiger partial charge in [0.15, 0.2) is 5.79 Å². The number of anilines is 1. The Balaban J connectivity index is 2.97. The molecule has 2 N–H and O–H groups in total. The number of hydrogen-bond acceptors (Lipinski definition) is 4. The second-order valence-corrected chi connectivity index (χ2v) is 3.28. The average Bonchev–Trinajstić information content (AvgIpc) is 2.18. The van der Waals surface area contributed by atoms with Gasteiger partial charge < -0.3 is 15.2 Å². The highest BCUT2D eigenvalue weighted by Crippen LogP contribution is 2.27. The average molecular weight is 210 g/mol. The summed E-state index contributed by atoms with van der Waals surface area (Å²) in [7, 11) is 0. The van der Waals surface area contributed by atoms with Crippen molar-refractivity contribution in [3.05, 3.63) is 23.9 Å². The molecule has 0 aliphatic heterocycles. The fourth-order valence-corrected chi connectivity index (χ4v) is 1.49. The normalized spacial score (nSPS) is 11.7. The lowest BCUT2D eigenvalue weighted by atomic mass is 10.1. The maximum atomic E-state index is 5.63. The number of hydrogen-bond donors (Lipinski definition) is 1. The largest absolute Gasteiger partial charge is 0.384 e. The summed E-state index contributed by atoms with van der Waals surface area (Å²) in [5, 5.41) is 0. The predicted octanol–water partition coefficient (Wildman–Crippen LogP) is 1.91. The molecule has 1 rings (SSSR count). The van der Waals surface area contributed by atoms with Gasteiger partial charge in [-0.1, -0.05) is 0 Å². The van der Waals surface area contributed by atoms with E-state index in [1.807, 2.05) is 26.8 Å². The Morgan fingerprint density at radius 3 is 2.40 bits per heavy atom. The summed E-state index contributed by atoms with van der Waals surface area (Å²) in [5.41, 5.74) is 6.51. The molecule has 0 aromatic carbocycles. The molecule has 0 aliphatic rings. The van der Waals surface area contributed by atoms with Crippen LogP contribution in [0.25, 0.3) is 0 Å². The van der Waals surface area contributed by atoms with Gasteiger partial charge in [0.2, 0.25) is 0 Å².